The first-order chi connectivity index (χ1) is 13.1. The fourth-order valence-electron chi connectivity index (χ4n) is 2.62. The first kappa shape index (κ1) is 18.1. The Morgan fingerprint density at radius 2 is 1.89 bits per heavy atom. The third-order valence-electron chi connectivity index (χ3n) is 3.98. The van der Waals surface area contributed by atoms with Crippen LogP contribution in [0.2, 0.25) is 0 Å². The van der Waals surface area contributed by atoms with Gasteiger partial charge in [0.2, 0.25) is 0 Å². The van der Waals surface area contributed by atoms with Crippen LogP contribution in [-0.4, -0.2) is 15.9 Å². The normalized spacial score (nSPS) is 10.3. The Kier molecular flexibility index (Phi) is 5.43. The summed E-state index contributed by atoms with van der Waals surface area (Å²) in [6.07, 6.45) is 2.95. The fraction of sp³-hybridized carbons (Fsp3) is 0.143. The first-order valence-electron chi connectivity index (χ1n) is 8.56. The SMILES string of the molecule is CC(C)c1ccccc1Nc1cnc(C(=O)Nc2cccc(C#N)c2)cn1. The number of carbonyl (C=O) groups excluding carboxylic acids is 1. The second-order valence-electron chi connectivity index (χ2n) is 6.30. The van der Waals surface area contributed by atoms with Gasteiger partial charge >= 0.3 is 0 Å². The van der Waals surface area contributed by atoms with Crippen molar-refractivity contribution in [3.05, 3.63) is 77.7 Å². The highest BCUT2D eigenvalue weighted by Crippen LogP contribution is 2.25. The Bertz CT molecular complexity index is 990. The molecule has 3 aromatic rings. The van der Waals surface area contributed by atoms with Crippen LogP contribution >= 0.6 is 0 Å². The van der Waals surface area contributed by atoms with Gasteiger partial charge in [-0.25, -0.2) is 9.97 Å². The summed E-state index contributed by atoms with van der Waals surface area (Å²) in [4.78, 5) is 20.8. The standard InChI is InChI=1S/C21H19N5O/c1-14(2)17-8-3-4-9-18(17)26-20-13-23-19(12-24-20)21(27)25-16-7-5-6-15(10-16)11-22/h3-10,12-14H,1-2H3,(H,24,26)(H,25,27). The van der Waals surface area contributed by atoms with Crippen molar-refractivity contribution >= 4 is 23.1 Å². The molecule has 0 saturated heterocycles. The summed E-state index contributed by atoms with van der Waals surface area (Å²) in [6, 6.07) is 16.7. The highest BCUT2D eigenvalue weighted by Gasteiger charge is 2.10. The lowest BCUT2D eigenvalue weighted by Gasteiger charge is -2.13. The third-order valence-corrected chi connectivity index (χ3v) is 3.98. The molecule has 0 spiro atoms. The molecule has 2 N–H and O–H groups in total. The minimum atomic E-state index is -0.383. The van der Waals surface area contributed by atoms with E-state index in [0.29, 0.717) is 23.0 Å². The van der Waals surface area contributed by atoms with E-state index in [4.69, 9.17) is 5.26 Å². The largest absolute Gasteiger partial charge is 0.339 e. The molecule has 0 aliphatic rings. The van der Waals surface area contributed by atoms with Crippen LogP contribution in [0.15, 0.2) is 60.9 Å². The molecule has 27 heavy (non-hydrogen) atoms. The molecule has 1 amide bonds. The van der Waals surface area contributed by atoms with Crippen LogP contribution in [0.25, 0.3) is 0 Å². The number of nitrogens with one attached hydrogen (secondary N) is 2. The maximum atomic E-state index is 12.3. The van der Waals surface area contributed by atoms with E-state index in [0.717, 1.165) is 5.69 Å². The number of nitrogens with zero attached hydrogens (tertiary/aromatic N) is 3. The van der Waals surface area contributed by atoms with Gasteiger partial charge in [0.05, 0.1) is 24.0 Å². The molecule has 6 heteroatoms. The zero-order valence-electron chi connectivity index (χ0n) is 15.1. The van der Waals surface area contributed by atoms with Crippen molar-refractivity contribution in [3.63, 3.8) is 0 Å². The zero-order valence-corrected chi connectivity index (χ0v) is 15.1. The predicted octanol–water partition coefficient (Wildman–Crippen LogP) is 4.47. The predicted molar refractivity (Wildman–Crippen MR) is 105 cm³/mol. The molecule has 2 aromatic carbocycles. The van der Waals surface area contributed by atoms with Crippen molar-refractivity contribution in [3.8, 4) is 6.07 Å². The van der Waals surface area contributed by atoms with Crippen LogP contribution in [0, 0.1) is 11.3 Å². The van der Waals surface area contributed by atoms with E-state index in [1.807, 2.05) is 24.3 Å². The van der Waals surface area contributed by atoms with E-state index in [2.05, 4.69) is 40.5 Å². The minimum absolute atomic E-state index is 0.194. The van der Waals surface area contributed by atoms with Crippen LogP contribution in [-0.2, 0) is 0 Å². The molecule has 1 heterocycles. The average Bonchev–Trinajstić information content (AvgIpc) is 2.69. The van der Waals surface area contributed by atoms with E-state index in [9.17, 15) is 4.79 Å². The summed E-state index contributed by atoms with van der Waals surface area (Å²) in [7, 11) is 0. The molecule has 3 rings (SSSR count). The van der Waals surface area contributed by atoms with Gasteiger partial charge in [-0.3, -0.25) is 4.79 Å². The van der Waals surface area contributed by atoms with Gasteiger partial charge in [-0.15, -0.1) is 0 Å². The lowest BCUT2D eigenvalue weighted by atomic mass is 10.0. The number of benzene rings is 2. The van der Waals surface area contributed by atoms with Crippen molar-refractivity contribution < 1.29 is 4.79 Å². The van der Waals surface area contributed by atoms with E-state index >= 15 is 0 Å². The van der Waals surface area contributed by atoms with Gasteiger partial charge in [0.1, 0.15) is 11.5 Å². The summed E-state index contributed by atoms with van der Waals surface area (Å²) >= 11 is 0. The van der Waals surface area contributed by atoms with Crippen LogP contribution in [0.5, 0.6) is 0 Å². The Morgan fingerprint density at radius 1 is 1.07 bits per heavy atom. The number of nitriles is 1. The van der Waals surface area contributed by atoms with Gasteiger partial charge < -0.3 is 10.6 Å². The molecule has 134 valence electrons. The van der Waals surface area contributed by atoms with Gasteiger partial charge in [-0.2, -0.15) is 5.26 Å². The van der Waals surface area contributed by atoms with Crippen molar-refractivity contribution in [2.45, 2.75) is 19.8 Å². The molecule has 0 unspecified atom stereocenters. The van der Waals surface area contributed by atoms with Crippen molar-refractivity contribution in [2.24, 2.45) is 0 Å². The van der Waals surface area contributed by atoms with Crippen LogP contribution < -0.4 is 10.6 Å². The van der Waals surface area contributed by atoms with Crippen LogP contribution in [0.1, 0.15) is 41.4 Å². The number of para-hydroxylation sites is 1. The van der Waals surface area contributed by atoms with Crippen molar-refractivity contribution in [2.75, 3.05) is 10.6 Å². The minimum Gasteiger partial charge on any atom is -0.339 e. The van der Waals surface area contributed by atoms with Gasteiger partial charge in [0.15, 0.2) is 0 Å². The topological polar surface area (TPSA) is 90.7 Å². The Hall–Kier alpha value is -3.72. The van der Waals surface area contributed by atoms with Gasteiger partial charge in [0.25, 0.3) is 5.91 Å². The second kappa shape index (κ2) is 8.11. The van der Waals surface area contributed by atoms with Gasteiger partial charge in [0, 0.05) is 11.4 Å². The summed E-state index contributed by atoms with van der Waals surface area (Å²) in [5.74, 6) is 0.550. The van der Waals surface area contributed by atoms with E-state index in [1.165, 1.54) is 18.0 Å². The number of hydrogen-bond donors (Lipinski definition) is 2. The quantitative estimate of drug-likeness (QED) is 0.703. The Labute approximate surface area is 157 Å². The maximum Gasteiger partial charge on any atom is 0.275 e. The molecule has 0 radical (unpaired) electrons. The number of amides is 1. The summed E-state index contributed by atoms with van der Waals surface area (Å²) in [5, 5.41) is 14.9. The Morgan fingerprint density at radius 3 is 2.59 bits per heavy atom. The summed E-state index contributed by atoms with van der Waals surface area (Å²) in [5.41, 5.74) is 3.35. The van der Waals surface area contributed by atoms with Gasteiger partial charge in [-0.05, 0) is 35.7 Å². The summed E-state index contributed by atoms with van der Waals surface area (Å²) in [6.45, 7) is 4.25. The molecule has 0 fully saturated rings. The molecular weight excluding hydrogens is 338 g/mol. The lowest BCUT2D eigenvalue weighted by Crippen LogP contribution is -2.14. The number of rotatable bonds is 5. The van der Waals surface area contributed by atoms with Crippen LogP contribution in [0.3, 0.4) is 0 Å². The van der Waals surface area contributed by atoms with E-state index in [-0.39, 0.29) is 11.6 Å². The third kappa shape index (κ3) is 4.47. The smallest absolute Gasteiger partial charge is 0.275 e. The molecule has 0 saturated carbocycles. The number of anilines is 3. The number of carbonyl (C=O) groups is 1. The molecule has 0 aliphatic carbocycles. The second-order valence-corrected chi connectivity index (χ2v) is 6.30. The number of aromatic nitrogens is 2. The molecule has 0 atom stereocenters. The molecule has 0 aliphatic heterocycles. The highest BCUT2D eigenvalue weighted by atomic mass is 16.1. The maximum absolute atomic E-state index is 12.3. The average molecular weight is 357 g/mol. The number of hydrogen-bond acceptors (Lipinski definition) is 5. The van der Waals surface area contributed by atoms with Crippen molar-refractivity contribution in [1.82, 2.24) is 9.97 Å². The monoisotopic (exact) mass is 357 g/mol. The van der Waals surface area contributed by atoms with Crippen molar-refractivity contribution in [1.29, 1.82) is 5.26 Å². The summed E-state index contributed by atoms with van der Waals surface area (Å²) < 4.78 is 0. The van der Waals surface area contributed by atoms with Crippen LogP contribution in [0.4, 0.5) is 17.2 Å². The zero-order chi connectivity index (χ0) is 19.2. The Balaban J connectivity index is 1.72. The van der Waals surface area contributed by atoms with E-state index in [1.54, 1.807) is 24.3 Å². The highest BCUT2D eigenvalue weighted by molar-refractivity contribution is 6.02. The van der Waals surface area contributed by atoms with Gasteiger partial charge in [-0.1, -0.05) is 38.1 Å². The lowest BCUT2D eigenvalue weighted by molar-refractivity contribution is 0.102. The first-order valence-corrected chi connectivity index (χ1v) is 8.56. The fourth-order valence-corrected chi connectivity index (χ4v) is 2.62. The molecular formula is C21H19N5O. The molecule has 6 nitrogen and oxygen atoms in total. The molecule has 1 aromatic heterocycles. The molecule has 0 bridgehead atoms. The van der Waals surface area contributed by atoms with E-state index < -0.39 is 0 Å².